The maximum Gasteiger partial charge on any atom is 0.241 e. The molecule has 5 nitrogen and oxygen atoms in total. The molecule has 0 fully saturated rings. The van der Waals surface area contributed by atoms with Gasteiger partial charge >= 0.3 is 0 Å². The maximum atomic E-state index is 13.6. The van der Waals surface area contributed by atoms with E-state index in [0.29, 0.717) is 0 Å². The second-order valence-corrected chi connectivity index (χ2v) is 6.43. The monoisotopic (exact) mass is 357 g/mol. The Balaban J connectivity index is 1.94. The van der Waals surface area contributed by atoms with Crippen LogP contribution >= 0.6 is 0 Å². The predicted octanol–water partition coefficient (Wildman–Crippen LogP) is 3.34. The number of hydrogen-bond donors (Lipinski definition) is 2. The third-order valence-electron chi connectivity index (χ3n) is 4.23. The molecule has 2 aromatic carbocycles. The molecular weight excluding hydrogens is 333 g/mol. The van der Waals surface area contributed by atoms with Gasteiger partial charge in [-0.15, -0.1) is 0 Å². The number of hydrogen-bond acceptors (Lipinski definition) is 3. The Hall–Kier alpha value is -2.73. The number of likely N-dealkylation sites (N-methyl/N-ethyl adjacent to an activating group) is 1. The van der Waals surface area contributed by atoms with Crippen LogP contribution in [0.1, 0.15) is 18.1 Å². The summed E-state index contributed by atoms with van der Waals surface area (Å²) in [5.74, 6) is -1.09. The van der Waals surface area contributed by atoms with E-state index in [4.69, 9.17) is 0 Å². The smallest absolute Gasteiger partial charge is 0.241 e. The predicted molar refractivity (Wildman–Crippen MR) is 102 cm³/mol. The van der Waals surface area contributed by atoms with Gasteiger partial charge in [-0.3, -0.25) is 14.5 Å². The van der Waals surface area contributed by atoms with Crippen LogP contribution in [-0.2, 0) is 9.59 Å². The summed E-state index contributed by atoms with van der Waals surface area (Å²) in [5, 5.41) is 5.41. The molecule has 0 aliphatic heterocycles. The molecule has 2 rings (SSSR count). The Kier molecular flexibility index (Phi) is 6.46. The molecule has 26 heavy (non-hydrogen) atoms. The number of carbonyl (C=O) groups is 2. The second kappa shape index (κ2) is 8.58. The van der Waals surface area contributed by atoms with Crippen molar-refractivity contribution >= 4 is 23.2 Å². The fraction of sp³-hybridized carbons (Fsp3) is 0.300. The van der Waals surface area contributed by atoms with Crippen molar-refractivity contribution in [2.45, 2.75) is 26.8 Å². The summed E-state index contributed by atoms with van der Waals surface area (Å²) in [6.45, 7) is 5.58. The van der Waals surface area contributed by atoms with Crippen molar-refractivity contribution < 1.29 is 14.0 Å². The third kappa shape index (κ3) is 5.13. The molecule has 1 atom stereocenters. The highest BCUT2D eigenvalue weighted by Gasteiger charge is 2.21. The molecule has 2 N–H and O–H groups in total. The minimum absolute atomic E-state index is 0.0409. The van der Waals surface area contributed by atoms with Gasteiger partial charge in [0.15, 0.2) is 0 Å². The first-order valence-electron chi connectivity index (χ1n) is 8.40. The molecule has 0 aromatic heterocycles. The van der Waals surface area contributed by atoms with Crippen molar-refractivity contribution in [2.24, 2.45) is 0 Å². The molecule has 0 spiro atoms. The number of benzene rings is 2. The molecule has 0 radical (unpaired) electrons. The van der Waals surface area contributed by atoms with E-state index in [0.717, 1.165) is 16.8 Å². The number of rotatable bonds is 6. The Bertz CT molecular complexity index is 807. The zero-order valence-electron chi connectivity index (χ0n) is 15.5. The summed E-state index contributed by atoms with van der Waals surface area (Å²) in [5.41, 5.74) is 2.90. The molecule has 0 saturated heterocycles. The Morgan fingerprint density at radius 3 is 2.46 bits per heavy atom. The van der Waals surface area contributed by atoms with Crippen LogP contribution in [0.25, 0.3) is 0 Å². The number of carbonyl (C=O) groups excluding carboxylic acids is 2. The van der Waals surface area contributed by atoms with E-state index in [2.05, 4.69) is 10.6 Å². The zero-order chi connectivity index (χ0) is 19.3. The molecule has 0 bridgehead atoms. The fourth-order valence-corrected chi connectivity index (χ4v) is 2.42. The summed E-state index contributed by atoms with van der Waals surface area (Å²) < 4.78 is 13.6. The van der Waals surface area contributed by atoms with Crippen LogP contribution in [0.4, 0.5) is 15.8 Å². The average Bonchev–Trinajstić information content (AvgIpc) is 2.59. The number of para-hydroxylation sites is 1. The van der Waals surface area contributed by atoms with Crippen molar-refractivity contribution in [3.63, 3.8) is 0 Å². The van der Waals surface area contributed by atoms with E-state index in [9.17, 15) is 14.0 Å². The minimum atomic E-state index is -0.598. The first kappa shape index (κ1) is 19.6. The van der Waals surface area contributed by atoms with Gasteiger partial charge in [0.25, 0.3) is 0 Å². The lowest BCUT2D eigenvalue weighted by Gasteiger charge is -2.23. The van der Waals surface area contributed by atoms with Gasteiger partial charge < -0.3 is 10.6 Å². The summed E-state index contributed by atoms with van der Waals surface area (Å²) in [6, 6.07) is 11.2. The van der Waals surface area contributed by atoms with Crippen LogP contribution in [0, 0.1) is 19.7 Å². The van der Waals surface area contributed by atoms with Crippen molar-refractivity contribution in [3.05, 3.63) is 59.4 Å². The van der Waals surface area contributed by atoms with Gasteiger partial charge in [0.05, 0.1) is 18.3 Å². The highest BCUT2D eigenvalue weighted by molar-refractivity contribution is 5.96. The lowest BCUT2D eigenvalue weighted by atomic mass is 10.1. The van der Waals surface area contributed by atoms with Gasteiger partial charge in [-0.05, 0) is 57.1 Å². The maximum absolute atomic E-state index is 13.6. The summed E-state index contributed by atoms with van der Waals surface area (Å²) in [6.07, 6.45) is 0. The van der Waals surface area contributed by atoms with Crippen LogP contribution < -0.4 is 10.6 Å². The molecule has 2 aromatic rings. The Morgan fingerprint density at radius 1 is 1.08 bits per heavy atom. The van der Waals surface area contributed by atoms with E-state index in [-0.39, 0.29) is 24.0 Å². The molecule has 6 heteroatoms. The topological polar surface area (TPSA) is 61.4 Å². The SMILES string of the molecule is Cc1ccc(C)c(NC(=O)CN(C)[C@@H](C)C(=O)Nc2ccccc2F)c1. The lowest BCUT2D eigenvalue weighted by Crippen LogP contribution is -2.43. The normalized spacial score (nSPS) is 11.9. The van der Waals surface area contributed by atoms with Gasteiger partial charge in [-0.25, -0.2) is 4.39 Å². The van der Waals surface area contributed by atoms with Crippen LogP contribution in [0.5, 0.6) is 0 Å². The number of amides is 2. The van der Waals surface area contributed by atoms with Gasteiger partial charge in [-0.1, -0.05) is 24.3 Å². The van der Waals surface area contributed by atoms with Gasteiger partial charge in [0.2, 0.25) is 11.8 Å². The van der Waals surface area contributed by atoms with Crippen molar-refractivity contribution in [1.82, 2.24) is 4.90 Å². The molecule has 0 unspecified atom stereocenters. The van der Waals surface area contributed by atoms with E-state index in [1.807, 2.05) is 32.0 Å². The van der Waals surface area contributed by atoms with E-state index in [1.54, 1.807) is 31.0 Å². The number of halogens is 1. The first-order chi connectivity index (χ1) is 12.3. The van der Waals surface area contributed by atoms with Crippen molar-refractivity contribution in [2.75, 3.05) is 24.2 Å². The van der Waals surface area contributed by atoms with Crippen molar-refractivity contribution in [1.29, 1.82) is 0 Å². The molecule has 2 amide bonds. The van der Waals surface area contributed by atoms with E-state index in [1.165, 1.54) is 12.1 Å². The second-order valence-electron chi connectivity index (χ2n) is 6.43. The third-order valence-corrected chi connectivity index (χ3v) is 4.23. The number of nitrogens with zero attached hydrogens (tertiary/aromatic N) is 1. The van der Waals surface area contributed by atoms with Gasteiger partial charge in [0.1, 0.15) is 5.82 Å². The quantitative estimate of drug-likeness (QED) is 0.834. The fourth-order valence-electron chi connectivity index (χ4n) is 2.42. The van der Waals surface area contributed by atoms with Crippen LogP contribution in [0.15, 0.2) is 42.5 Å². The average molecular weight is 357 g/mol. The van der Waals surface area contributed by atoms with Gasteiger partial charge in [-0.2, -0.15) is 0 Å². The van der Waals surface area contributed by atoms with Crippen molar-refractivity contribution in [3.8, 4) is 0 Å². The van der Waals surface area contributed by atoms with Crippen LogP contribution in [-0.4, -0.2) is 36.3 Å². The molecule has 0 aliphatic rings. The minimum Gasteiger partial charge on any atom is -0.325 e. The largest absolute Gasteiger partial charge is 0.325 e. The summed E-state index contributed by atoms with van der Waals surface area (Å²) in [7, 11) is 1.67. The molecule has 0 heterocycles. The number of nitrogens with one attached hydrogen (secondary N) is 2. The highest BCUT2D eigenvalue weighted by Crippen LogP contribution is 2.16. The summed E-state index contributed by atoms with van der Waals surface area (Å²) >= 11 is 0. The first-order valence-corrected chi connectivity index (χ1v) is 8.40. The molecule has 138 valence electrons. The number of anilines is 2. The van der Waals surface area contributed by atoms with Gasteiger partial charge in [0, 0.05) is 5.69 Å². The van der Waals surface area contributed by atoms with Crippen LogP contribution in [0.3, 0.4) is 0 Å². The summed E-state index contributed by atoms with van der Waals surface area (Å²) in [4.78, 5) is 26.2. The number of aryl methyl sites for hydroxylation is 2. The Morgan fingerprint density at radius 2 is 1.77 bits per heavy atom. The standard InChI is InChI=1S/C20H24FN3O2/c1-13-9-10-14(2)18(11-13)22-19(25)12-24(4)15(3)20(26)23-17-8-6-5-7-16(17)21/h5-11,15H,12H2,1-4H3,(H,22,25)(H,23,26)/t15-/m0/s1. The highest BCUT2D eigenvalue weighted by atomic mass is 19.1. The molecule has 0 aliphatic carbocycles. The van der Waals surface area contributed by atoms with E-state index < -0.39 is 11.9 Å². The van der Waals surface area contributed by atoms with E-state index >= 15 is 0 Å². The Labute approximate surface area is 153 Å². The molecular formula is C20H24FN3O2. The van der Waals surface area contributed by atoms with Crippen LogP contribution in [0.2, 0.25) is 0 Å². The molecule has 0 saturated carbocycles. The lowest BCUT2D eigenvalue weighted by molar-refractivity contribution is -0.122. The zero-order valence-corrected chi connectivity index (χ0v) is 15.5.